The molecule has 61 heavy (non-hydrogen) atoms. The molecule has 1 aliphatic carbocycles. The molecule has 9 aromatic rings. The predicted molar refractivity (Wildman–Crippen MR) is 242 cm³/mol. The molecule has 0 spiro atoms. The SMILES string of the molecule is CC1(C)c2ccccc2-c2ccc(N(c3ccccc3)c3c(F)c(F)c(-c4ccc(N(c5ccc(-c6ccccc6)cc5)c5cccc6ccccc56)cc4)c(F)c3F)cc21. The third-order valence-electron chi connectivity index (χ3n) is 12.0. The van der Waals surface area contributed by atoms with Gasteiger partial charge < -0.3 is 9.80 Å². The van der Waals surface area contributed by atoms with Crippen LogP contribution in [0.5, 0.6) is 0 Å². The van der Waals surface area contributed by atoms with Crippen LogP contribution in [0.2, 0.25) is 0 Å². The molecule has 0 saturated heterocycles. The van der Waals surface area contributed by atoms with Crippen LogP contribution in [0, 0.1) is 23.3 Å². The first kappa shape index (κ1) is 37.8. The zero-order valence-electron chi connectivity index (χ0n) is 33.4. The number of para-hydroxylation sites is 1. The molecule has 0 fully saturated rings. The van der Waals surface area contributed by atoms with Crippen molar-refractivity contribution in [3.05, 3.63) is 229 Å². The zero-order valence-corrected chi connectivity index (χ0v) is 33.4. The summed E-state index contributed by atoms with van der Waals surface area (Å²) < 4.78 is 66.8. The van der Waals surface area contributed by atoms with Crippen molar-refractivity contribution >= 4 is 44.9 Å². The van der Waals surface area contributed by atoms with E-state index in [2.05, 4.69) is 55.1 Å². The molecule has 0 unspecified atom stereocenters. The van der Waals surface area contributed by atoms with Crippen LogP contribution < -0.4 is 9.80 Å². The smallest absolute Gasteiger partial charge is 0.186 e. The summed E-state index contributed by atoms with van der Waals surface area (Å²) in [6.45, 7) is 4.19. The van der Waals surface area contributed by atoms with E-state index in [9.17, 15) is 0 Å². The quantitative estimate of drug-likeness (QED) is 0.112. The van der Waals surface area contributed by atoms with Crippen LogP contribution in [0.1, 0.15) is 25.0 Å². The van der Waals surface area contributed by atoms with Crippen LogP contribution in [0.25, 0.3) is 44.2 Å². The molecule has 2 nitrogen and oxygen atoms in total. The second-order valence-corrected chi connectivity index (χ2v) is 15.8. The van der Waals surface area contributed by atoms with E-state index in [0.29, 0.717) is 17.1 Å². The number of rotatable bonds is 8. The van der Waals surface area contributed by atoms with E-state index >= 15 is 17.6 Å². The fourth-order valence-corrected chi connectivity index (χ4v) is 8.93. The molecule has 296 valence electrons. The van der Waals surface area contributed by atoms with Gasteiger partial charge in [-0.25, -0.2) is 17.6 Å². The molecule has 0 aromatic heterocycles. The fraction of sp³-hybridized carbons (Fsp3) is 0.0545. The van der Waals surface area contributed by atoms with Gasteiger partial charge in [0, 0.05) is 33.6 Å². The van der Waals surface area contributed by atoms with Gasteiger partial charge in [-0.3, -0.25) is 0 Å². The minimum absolute atomic E-state index is 0.0105. The Morgan fingerprint density at radius 2 is 0.885 bits per heavy atom. The van der Waals surface area contributed by atoms with E-state index < -0.39 is 39.9 Å². The molecule has 0 aliphatic heterocycles. The van der Waals surface area contributed by atoms with Crippen molar-refractivity contribution in [2.45, 2.75) is 19.3 Å². The standard InChI is InChI=1S/C55H38F4N2/c1-55(2)46-22-12-11-21-44(46)45-33-32-42(34-47(45)55)61(39-18-7-4-8-19-39)54-52(58)50(56)49(51(57)53(54)59)38-26-30-41(31-27-38)60(48-23-13-17-37-16-9-10-20-43(37)48)40-28-24-36(25-29-40)35-14-5-3-6-15-35/h3-34H,1-2H3. The second kappa shape index (κ2) is 15.0. The molecule has 0 heterocycles. The molecule has 0 bridgehead atoms. The van der Waals surface area contributed by atoms with E-state index in [1.54, 1.807) is 48.5 Å². The van der Waals surface area contributed by atoms with Gasteiger partial charge in [-0.05, 0) is 98.9 Å². The van der Waals surface area contributed by atoms with Crippen molar-refractivity contribution in [2.75, 3.05) is 9.80 Å². The summed E-state index contributed by atoms with van der Waals surface area (Å²) in [5, 5.41) is 2.04. The summed E-state index contributed by atoms with van der Waals surface area (Å²) in [5.74, 6) is -5.97. The molecule has 9 aromatic carbocycles. The molecule has 0 radical (unpaired) electrons. The van der Waals surface area contributed by atoms with Crippen molar-refractivity contribution in [1.29, 1.82) is 0 Å². The van der Waals surface area contributed by atoms with Crippen molar-refractivity contribution in [3.63, 3.8) is 0 Å². The molecule has 0 N–H and O–H groups in total. The maximum Gasteiger partial charge on any atom is 0.186 e. The average Bonchev–Trinajstić information content (AvgIpc) is 3.53. The number of hydrogen-bond acceptors (Lipinski definition) is 2. The van der Waals surface area contributed by atoms with E-state index in [4.69, 9.17) is 0 Å². The van der Waals surface area contributed by atoms with Crippen LogP contribution in [0.4, 0.5) is 51.7 Å². The molecule has 6 heteroatoms. The lowest BCUT2D eigenvalue weighted by molar-refractivity contribution is 0.461. The molecule has 0 atom stereocenters. The first-order valence-electron chi connectivity index (χ1n) is 20.2. The lowest BCUT2D eigenvalue weighted by Gasteiger charge is -2.29. The highest BCUT2D eigenvalue weighted by Crippen LogP contribution is 2.51. The third kappa shape index (κ3) is 6.34. The topological polar surface area (TPSA) is 6.48 Å². The van der Waals surface area contributed by atoms with Gasteiger partial charge in [0.25, 0.3) is 0 Å². The molecule has 1 aliphatic rings. The summed E-state index contributed by atoms with van der Waals surface area (Å²) >= 11 is 0. The lowest BCUT2D eigenvalue weighted by atomic mass is 9.82. The molecular weight excluding hydrogens is 765 g/mol. The number of fused-ring (bicyclic) bond motifs is 4. The maximum atomic E-state index is 16.8. The highest BCUT2D eigenvalue weighted by Gasteiger charge is 2.37. The summed E-state index contributed by atoms with van der Waals surface area (Å²) in [4.78, 5) is 3.32. The van der Waals surface area contributed by atoms with Gasteiger partial charge in [-0.15, -0.1) is 0 Å². The normalized spacial score (nSPS) is 12.6. The molecular formula is C55H38F4N2. The Balaban J connectivity index is 1.07. The summed E-state index contributed by atoms with van der Waals surface area (Å²) in [6.07, 6.45) is 0. The van der Waals surface area contributed by atoms with Gasteiger partial charge >= 0.3 is 0 Å². The van der Waals surface area contributed by atoms with Crippen molar-refractivity contribution in [3.8, 4) is 33.4 Å². The minimum atomic E-state index is -1.50. The average molecular weight is 803 g/mol. The Bertz CT molecular complexity index is 3060. The Morgan fingerprint density at radius 1 is 0.377 bits per heavy atom. The minimum Gasteiger partial charge on any atom is -0.310 e. The molecule has 0 saturated carbocycles. The molecule has 0 amide bonds. The number of hydrogen-bond donors (Lipinski definition) is 0. The van der Waals surface area contributed by atoms with E-state index in [-0.39, 0.29) is 5.56 Å². The predicted octanol–water partition coefficient (Wildman–Crippen LogP) is 16.0. The van der Waals surface area contributed by atoms with Crippen molar-refractivity contribution in [1.82, 2.24) is 0 Å². The van der Waals surface area contributed by atoms with Gasteiger partial charge in [0.2, 0.25) is 0 Å². The van der Waals surface area contributed by atoms with E-state index in [0.717, 1.165) is 55.5 Å². The van der Waals surface area contributed by atoms with Crippen LogP contribution in [0.15, 0.2) is 194 Å². The number of halogens is 4. The monoisotopic (exact) mass is 802 g/mol. The third-order valence-corrected chi connectivity index (χ3v) is 12.0. The highest BCUT2D eigenvalue weighted by molar-refractivity contribution is 5.99. The van der Waals surface area contributed by atoms with Crippen LogP contribution in [-0.4, -0.2) is 0 Å². The Hall–Kier alpha value is -7.44. The Kier molecular flexibility index (Phi) is 9.29. The van der Waals surface area contributed by atoms with Crippen LogP contribution in [-0.2, 0) is 5.41 Å². The number of nitrogens with zero attached hydrogens (tertiary/aromatic N) is 2. The largest absolute Gasteiger partial charge is 0.310 e. The first-order valence-corrected chi connectivity index (χ1v) is 20.2. The second-order valence-electron chi connectivity index (χ2n) is 15.8. The summed E-state index contributed by atoms with van der Waals surface area (Å²) in [6, 6.07) is 60.9. The fourth-order valence-electron chi connectivity index (χ4n) is 8.93. The number of benzene rings is 9. The van der Waals surface area contributed by atoms with Gasteiger partial charge in [0.1, 0.15) is 5.69 Å². The summed E-state index contributed by atoms with van der Waals surface area (Å²) in [5.41, 5.74) is 7.34. The summed E-state index contributed by atoms with van der Waals surface area (Å²) in [7, 11) is 0. The van der Waals surface area contributed by atoms with Crippen molar-refractivity contribution in [2.24, 2.45) is 0 Å². The maximum absolute atomic E-state index is 16.8. The van der Waals surface area contributed by atoms with E-state index in [1.807, 2.05) is 97.1 Å². The van der Waals surface area contributed by atoms with Crippen LogP contribution in [0.3, 0.4) is 0 Å². The van der Waals surface area contributed by atoms with E-state index in [1.165, 1.54) is 17.0 Å². The van der Waals surface area contributed by atoms with Crippen LogP contribution >= 0.6 is 0 Å². The number of anilines is 6. The molecule has 10 rings (SSSR count). The first-order chi connectivity index (χ1) is 29.7. The van der Waals surface area contributed by atoms with Gasteiger partial charge in [-0.1, -0.05) is 153 Å². The van der Waals surface area contributed by atoms with Gasteiger partial charge in [0.05, 0.1) is 11.3 Å². The highest BCUT2D eigenvalue weighted by atomic mass is 19.2. The zero-order chi connectivity index (χ0) is 41.8. The Labute approximate surface area is 352 Å². The lowest BCUT2D eigenvalue weighted by Crippen LogP contribution is -2.19. The van der Waals surface area contributed by atoms with Crippen molar-refractivity contribution < 1.29 is 17.6 Å². The Morgan fingerprint density at radius 3 is 1.57 bits per heavy atom. The van der Waals surface area contributed by atoms with Gasteiger partial charge in [0.15, 0.2) is 23.3 Å². The van der Waals surface area contributed by atoms with Gasteiger partial charge in [-0.2, -0.15) is 0 Å².